The molecular formula is C13H9F2NO2. The zero-order valence-corrected chi connectivity index (χ0v) is 9.48. The van der Waals surface area contributed by atoms with Gasteiger partial charge in [-0.25, -0.2) is 13.8 Å². The van der Waals surface area contributed by atoms with Crippen LogP contribution in [0.25, 0.3) is 11.1 Å². The predicted octanol–water partition coefficient (Wildman–Crippen LogP) is 2.85. The van der Waals surface area contributed by atoms with Gasteiger partial charge in [-0.2, -0.15) is 0 Å². The first-order valence-electron chi connectivity index (χ1n) is 5.10. The van der Waals surface area contributed by atoms with E-state index in [1.165, 1.54) is 19.4 Å². The Hall–Kier alpha value is -2.30. The van der Waals surface area contributed by atoms with Crippen LogP contribution < -0.4 is 4.74 Å². The molecule has 1 heterocycles. The number of aromatic nitrogens is 1. The molecule has 1 aromatic carbocycles. The van der Waals surface area contributed by atoms with Crippen LogP contribution >= 0.6 is 0 Å². The maximum atomic E-state index is 13.2. The fourth-order valence-electron chi connectivity index (χ4n) is 1.69. The van der Waals surface area contributed by atoms with Crippen LogP contribution in [0.15, 0.2) is 30.5 Å². The van der Waals surface area contributed by atoms with Gasteiger partial charge in [0.2, 0.25) is 5.88 Å². The van der Waals surface area contributed by atoms with Gasteiger partial charge in [0.15, 0.2) is 6.29 Å². The lowest BCUT2D eigenvalue weighted by atomic mass is 10.0. The van der Waals surface area contributed by atoms with Gasteiger partial charge in [-0.05, 0) is 29.3 Å². The SMILES string of the molecule is COc1nccc(-c2cc(F)cc(F)c2)c1C=O. The van der Waals surface area contributed by atoms with Gasteiger partial charge in [0.05, 0.1) is 12.7 Å². The molecule has 2 rings (SSSR count). The van der Waals surface area contributed by atoms with Gasteiger partial charge in [-0.1, -0.05) is 0 Å². The molecule has 0 spiro atoms. The highest BCUT2D eigenvalue weighted by atomic mass is 19.1. The van der Waals surface area contributed by atoms with Gasteiger partial charge < -0.3 is 4.74 Å². The fraction of sp³-hybridized carbons (Fsp3) is 0.0769. The molecule has 0 fully saturated rings. The number of pyridine rings is 1. The van der Waals surface area contributed by atoms with Gasteiger partial charge in [0.1, 0.15) is 11.6 Å². The lowest BCUT2D eigenvalue weighted by molar-refractivity contribution is 0.112. The summed E-state index contributed by atoms with van der Waals surface area (Å²) in [6.45, 7) is 0. The molecule has 0 amide bonds. The molecule has 3 nitrogen and oxygen atoms in total. The Morgan fingerprint density at radius 3 is 2.44 bits per heavy atom. The van der Waals surface area contributed by atoms with Crippen molar-refractivity contribution in [2.45, 2.75) is 0 Å². The minimum atomic E-state index is -0.711. The molecule has 0 aliphatic carbocycles. The van der Waals surface area contributed by atoms with E-state index in [1.807, 2.05) is 0 Å². The van der Waals surface area contributed by atoms with E-state index in [4.69, 9.17) is 4.74 Å². The van der Waals surface area contributed by atoms with Gasteiger partial charge in [-0.3, -0.25) is 4.79 Å². The minimum Gasteiger partial charge on any atom is -0.480 e. The third kappa shape index (κ3) is 2.20. The molecule has 2 aromatic rings. The van der Waals surface area contributed by atoms with Crippen molar-refractivity contribution in [2.75, 3.05) is 7.11 Å². The monoisotopic (exact) mass is 249 g/mol. The molecule has 0 aliphatic heterocycles. The zero-order chi connectivity index (χ0) is 13.1. The maximum Gasteiger partial charge on any atom is 0.224 e. The fourth-order valence-corrected chi connectivity index (χ4v) is 1.69. The van der Waals surface area contributed by atoms with E-state index in [1.54, 1.807) is 0 Å². The van der Waals surface area contributed by atoms with E-state index in [9.17, 15) is 13.6 Å². The van der Waals surface area contributed by atoms with Gasteiger partial charge >= 0.3 is 0 Å². The van der Waals surface area contributed by atoms with Crippen LogP contribution in [0.4, 0.5) is 8.78 Å². The summed E-state index contributed by atoms with van der Waals surface area (Å²) in [6, 6.07) is 4.55. The van der Waals surface area contributed by atoms with Gasteiger partial charge in [0, 0.05) is 12.3 Å². The van der Waals surface area contributed by atoms with E-state index >= 15 is 0 Å². The first-order chi connectivity index (χ1) is 8.65. The van der Waals surface area contributed by atoms with E-state index in [0.717, 1.165) is 18.2 Å². The van der Waals surface area contributed by atoms with Crippen molar-refractivity contribution in [1.29, 1.82) is 0 Å². The second-order valence-corrected chi connectivity index (χ2v) is 3.56. The van der Waals surface area contributed by atoms with Crippen LogP contribution in [-0.2, 0) is 0 Å². The highest BCUT2D eigenvalue weighted by Crippen LogP contribution is 2.28. The Morgan fingerprint density at radius 1 is 1.22 bits per heavy atom. The number of rotatable bonds is 3. The van der Waals surface area contributed by atoms with Crippen molar-refractivity contribution < 1.29 is 18.3 Å². The topological polar surface area (TPSA) is 39.2 Å². The molecule has 0 N–H and O–H groups in total. The average Bonchev–Trinajstić information content (AvgIpc) is 2.36. The smallest absolute Gasteiger partial charge is 0.224 e. The van der Waals surface area contributed by atoms with E-state index in [0.29, 0.717) is 11.8 Å². The maximum absolute atomic E-state index is 13.2. The molecule has 92 valence electrons. The Kier molecular flexibility index (Phi) is 3.32. The summed E-state index contributed by atoms with van der Waals surface area (Å²) in [6.07, 6.45) is 1.95. The van der Waals surface area contributed by atoms with Crippen molar-refractivity contribution in [2.24, 2.45) is 0 Å². The molecule has 5 heteroatoms. The summed E-state index contributed by atoms with van der Waals surface area (Å²) in [4.78, 5) is 14.9. The van der Waals surface area contributed by atoms with E-state index in [2.05, 4.69) is 4.98 Å². The number of aldehydes is 1. The zero-order valence-electron chi connectivity index (χ0n) is 9.48. The molecule has 0 radical (unpaired) electrons. The van der Waals surface area contributed by atoms with Gasteiger partial charge in [-0.15, -0.1) is 0 Å². The highest BCUT2D eigenvalue weighted by Gasteiger charge is 2.12. The van der Waals surface area contributed by atoms with Crippen LogP contribution in [0.5, 0.6) is 5.88 Å². The Bertz CT molecular complexity index is 579. The molecular weight excluding hydrogens is 240 g/mol. The number of benzene rings is 1. The van der Waals surface area contributed by atoms with Crippen molar-refractivity contribution in [1.82, 2.24) is 4.98 Å². The van der Waals surface area contributed by atoms with E-state index < -0.39 is 11.6 Å². The second kappa shape index (κ2) is 4.91. The molecule has 1 aromatic heterocycles. The van der Waals surface area contributed by atoms with Crippen LogP contribution in [-0.4, -0.2) is 18.4 Å². The summed E-state index contributed by atoms with van der Waals surface area (Å²) < 4.78 is 31.2. The number of methoxy groups -OCH3 is 1. The molecule has 0 bridgehead atoms. The van der Waals surface area contributed by atoms with Crippen molar-refractivity contribution >= 4 is 6.29 Å². The third-order valence-corrected chi connectivity index (χ3v) is 2.44. The summed E-state index contributed by atoms with van der Waals surface area (Å²) >= 11 is 0. The lowest BCUT2D eigenvalue weighted by Crippen LogP contribution is -1.97. The van der Waals surface area contributed by atoms with Crippen LogP contribution in [0, 0.1) is 11.6 Å². The first kappa shape index (κ1) is 12.2. The Morgan fingerprint density at radius 2 is 1.89 bits per heavy atom. The van der Waals surface area contributed by atoms with Crippen LogP contribution in [0.3, 0.4) is 0 Å². The number of hydrogen-bond acceptors (Lipinski definition) is 3. The van der Waals surface area contributed by atoms with Crippen molar-refractivity contribution in [3.63, 3.8) is 0 Å². The molecule has 0 atom stereocenters. The Labute approximate surface area is 102 Å². The minimum absolute atomic E-state index is 0.118. The van der Waals surface area contributed by atoms with Crippen LogP contribution in [0.2, 0.25) is 0 Å². The number of carbonyl (C=O) groups is 1. The number of nitrogens with zero attached hydrogens (tertiary/aromatic N) is 1. The standard InChI is InChI=1S/C13H9F2NO2/c1-18-13-12(7-17)11(2-3-16-13)8-4-9(14)6-10(15)5-8/h2-7H,1H3. The van der Waals surface area contributed by atoms with Gasteiger partial charge in [0.25, 0.3) is 0 Å². The third-order valence-electron chi connectivity index (χ3n) is 2.44. The molecule has 0 aliphatic rings. The summed E-state index contributed by atoms with van der Waals surface area (Å²) in [5.41, 5.74) is 0.788. The normalized spacial score (nSPS) is 10.2. The summed E-state index contributed by atoms with van der Waals surface area (Å²) in [5, 5.41) is 0. The number of hydrogen-bond donors (Lipinski definition) is 0. The van der Waals surface area contributed by atoms with Crippen molar-refractivity contribution in [3.05, 3.63) is 47.7 Å². The lowest BCUT2D eigenvalue weighted by Gasteiger charge is -2.08. The number of halogens is 2. The quantitative estimate of drug-likeness (QED) is 0.785. The highest BCUT2D eigenvalue weighted by molar-refractivity contribution is 5.90. The Balaban J connectivity index is 2.66. The number of carbonyl (C=O) groups excluding carboxylic acids is 1. The van der Waals surface area contributed by atoms with Crippen molar-refractivity contribution in [3.8, 4) is 17.0 Å². The van der Waals surface area contributed by atoms with Crippen LogP contribution in [0.1, 0.15) is 10.4 Å². The largest absolute Gasteiger partial charge is 0.480 e. The molecule has 0 saturated heterocycles. The molecule has 0 unspecified atom stereocenters. The number of ether oxygens (including phenoxy) is 1. The molecule has 18 heavy (non-hydrogen) atoms. The first-order valence-corrected chi connectivity index (χ1v) is 5.10. The summed E-state index contributed by atoms with van der Waals surface area (Å²) in [5.74, 6) is -1.30. The van der Waals surface area contributed by atoms with E-state index in [-0.39, 0.29) is 17.0 Å². The second-order valence-electron chi connectivity index (χ2n) is 3.56. The summed E-state index contributed by atoms with van der Waals surface area (Å²) in [7, 11) is 1.37. The average molecular weight is 249 g/mol. The molecule has 0 saturated carbocycles. The predicted molar refractivity (Wildman–Crippen MR) is 61.5 cm³/mol.